The Hall–Kier alpha value is -4.19. The van der Waals surface area contributed by atoms with E-state index < -0.39 is 54.4 Å². The third kappa shape index (κ3) is 16.2. The molecule has 1 atom stereocenters. The third-order valence-electron chi connectivity index (χ3n) is 8.34. The Morgan fingerprint density at radius 3 is 1.57 bits per heavy atom. The number of nitriles is 3. The van der Waals surface area contributed by atoms with Crippen LogP contribution in [0, 0.1) is 40.6 Å². The highest BCUT2D eigenvalue weighted by atomic mass is 79.9. The molecule has 67 heavy (non-hydrogen) atoms. The summed E-state index contributed by atoms with van der Waals surface area (Å²) < 4.78 is 115. The summed E-state index contributed by atoms with van der Waals surface area (Å²) in [7, 11) is -11.8. The number of fused-ring (bicyclic) bond motifs is 2. The predicted octanol–water partition coefficient (Wildman–Crippen LogP) is 8.64. The highest BCUT2D eigenvalue weighted by Crippen LogP contribution is 2.33. The van der Waals surface area contributed by atoms with Crippen LogP contribution in [-0.2, 0) is 48.4 Å². The maximum Gasteiger partial charge on any atom is 0.262 e. The summed E-state index contributed by atoms with van der Waals surface area (Å²) in [6.07, 6.45) is 2.19. The minimum atomic E-state index is -3.66. The molecule has 0 bridgehead atoms. The molecule has 0 saturated carbocycles. The van der Waals surface area contributed by atoms with Gasteiger partial charge < -0.3 is 11.5 Å². The summed E-state index contributed by atoms with van der Waals surface area (Å²) >= 11 is 12.6. The van der Waals surface area contributed by atoms with Gasteiger partial charge in [-0.1, -0.05) is 56.1 Å². The van der Waals surface area contributed by atoms with Gasteiger partial charge >= 0.3 is 0 Å². The fourth-order valence-electron chi connectivity index (χ4n) is 5.35. The monoisotopic (exact) mass is 1300 g/mol. The molecule has 2 aliphatic heterocycles. The van der Waals surface area contributed by atoms with Gasteiger partial charge in [-0.15, -0.1) is 12.4 Å². The van der Waals surface area contributed by atoms with E-state index in [1.165, 1.54) is 42.7 Å². The van der Waals surface area contributed by atoms with Gasteiger partial charge in [0, 0.05) is 52.7 Å². The van der Waals surface area contributed by atoms with Crippen molar-refractivity contribution in [2.24, 2.45) is 11.5 Å². The second kappa shape index (κ2) is 23.9. The Morgan fingerprint density at radius 2 is 1.12 bits per heavy atom. The van der Waals surface area contributed by atoms with Gasteiger partial charge in [0.15, 0.2) is 29.5 Å². The summed E-state index contributed by atoms with van der Waals surface area (Å²) in [4.78, 5) is 3.68. The van der Waals surface area contributed by atoms with Gasteiger partial charge in [-0.2, -0.15) is 15.8 Å². The van der Waals surface area contributed by atoms with E-state index in [4.69, 9.17) is 44.5 Å². The van der Waals surface area contributed by atoms with Crippen molar-refractivity contribution in [2.45, 2.75) is 30.5 Å². The predicted molar refractivity (Wildman–Crippen MR) is 268 cm³/mol. The van der Waals surface area contributed by atoms with E-state index >= 15 is 0 Å². The largest absolute Gasteiger partial charge is 0.398 e. The molecular formula is C40H30Br4Cl2N6O10S5. The normalized spacial score (nSPS) is 14.6. The van der Waals surface area contributed by atoms with Gasteiger partial charge in [-0.05, 0) is 104 Å². The molecule has 0 radical (unpaired) electrons. The maximum atomic E-state index is 11.5. The van der Waals surface area contributed by atoms with Crippen molar-refractivity contribution < 1.29 is 42.1 Å². The smallest absolute Gasteiger partial charge is 0.262 e. The number of nitrogens with two attached hydrogens (primary N) is 2. The molecular weight excluding hydrogens is 1280 g/mol. The number of nitrogens with zero attached hydrogens (tertiary/aromatic N) is 4. The van der Waals surface area contributed by atoms with Crippen LogP contribution in [0.4, 0.5) is 5.69 Å². The summed E-state index contributed by atoms with van der Waals surface area (Å²) in [6, 6.07) is 27.9. The highest BCUT2D eigenvalue weighted by Gasteiger charge is 2.32. The average Bonchev–Trinajstić information content (AvgIpc) is 3.62. The molecule has 0 amide bonds. The van der Waals surface area contributed by atoms with Crippen LogP contribution in [0.15, 0.2) is 139 Å². The van der Waals surface area contributed by atoms with Crippen molar-refractivity contribution >= 4 is 147 Å². The van der Waals surface area contributed by atoms with E-state index in [9.17, 15) is 42.1 Å². The quantitative estimate of drug-likeness (QED) is 0.126. The lowest BCUT2D eigenvalue weighted by atomic mass is 10.1. The van der Waals surface area contributed by atoms with Crippen molar-refractivity contribution in [1.82, 2.24) is 0 Å². The summed E-state index contributed by atoms with van der Waals surface area (Å²) in [6.45, 7) is 6.77. The second-order valence-corrected chi connectivity index (χ2v) is 27.0. The van der Waals surface area contributed by atoms with Crippen LogP contribution in [-0.4, -0.2) is 60.4 Å². The topological polar surface area (TPSA) is 298 Å². The van der Waals surface area contributed by atoms with Gasteiger partial charge in [-0.25, -0.2) is 46.9 Å². The first-order chi connectivity index (χ1) is 30.4. The third-order valence-corrected chi connectivity index (χ3v) is 18.2. The second-order valence-electron chi connectivity index (χ2n) is 13.2. The molecule has 0 spiro atoms. The minimum Gasteiger partial charge on any atom is -0.398 e. The molecule has 2 heterocycles. The van der Waals surface area contributed by atoms with Crippen LogP contribution in [0.2, 0.25) is 0 Å². The van der Waals surface area contributed by atoms with Crippen molar-refractivity contribution in [3.05, 3.63) is 154 Å². The van der Waals surface area contributed by atoms with Crippen molar-refractivity contribution in [3.8, 4) is 18.2 Å². The van der Waals surface area contributed by atoms with Crippen molar-refractivity contribution in [2.75, 3.05) is 18.3 Å². The van der Waals surface area contributed by atoms with E-state index in [0.717, 1.165) is 16.1 Å². The number of hydrogen-bond donors (Lipinski definition) is 2. The summed E-state index contributed by atoms with van der Waals surface area (Å²) in [5.74, 6) is -0.0583. The van der Waals surface area contributed by atoms with E-state index in [-0.39, 0.29) is 54.7 Å². The van der Waals surface area contributed by atoms with Crippen LogP contribution in [0.25, 0.3) is 10.5 Å². The number of hydrogen-bond acceptors (Lipinski definition) is 15. The van der Waals surface area contributed by atoms with Crippen LogP contribution >= 0.6 is 86.8 Å². The fourth-order valence-corrected chi connectivity index (χ4v) is 14.3. The Labute approximate surface area is 432 Å². The Morgan fingerprint density at radius 1 is 0.672 bits per heavy atom. The van der Waals surface area contributed by atoms with E-state index in [0.29, 0.717) is 40.6 Å². The number of halogens is 6. The highest BCUT2D eigenvalue weighted by molar-refractivity contribution is 9.11. The lowest BCUT2D eigenvalue weighted by Crippen LogP contribution is -2.11. The van der Waals surface area contributed by atoms with Gasteiger partial charge in [-0.3, -0.25) is 0 Å². The SMILES string of the molecule is CS(=O)(=O)c1cc(Br)ccc1Br.Cl.N#Cc1ccc2c(c1)S(=O)(=O)C=C2N.N#Cc1ccc2c(c1)S(=O)(=O)CC2N.O=S(=O)(Cl)c1cc(Br)ccc1Br.[C-]#[N+]c1ccc(C#N)cc1S(C)(=O)=O. The summed E-state index contributed by atoms with van der Waals surface area (Å²) in [5, 5.41) is 26.8. The lowest BCUT2D eigenvalue weighted by molar-refractivity contribution is 0.596. The average molecular weight is 1310 g/mol. The van der Waals surface area contributed by atoms with Gasteiger partial charge in [0.25, 0.3) is 9.05 Å². The summed E-state index contributed by atoms with van der Waals surface area (Å²) in [5.41, 5.74) is 13.4. The lowest BCUT2D eigenvalue weighted by Gasteiger charge is -2.01. The Kier molecular flexibility index (Phi) is 21.0. The fraction of sp³-hybridized carbons (Fsp3) is 0.100. The van der Waals surface area contributed by atoms with Crippen molar-refractivity contribution in [1.29, 1.82) is 15.8 Å². The van der Waals surface area contributed by atoms with Crippen LogP contribution in [0.5, 0.6) is 0 Å². The molecule has 7 rings (SSSR count). The number of sulfone groups is 4. The molecule has 352 valence electrons. The first-order valence-electron chi connectivity index (χ1n) is 17.4. The van der Waals surface area contributed by atoms with Crippen LogP contribution < -0.4 is 11.5 Å². The molecule has 0 aromatic heterocycles. The zero-order valence-electron chi connectivity index (χ0n) is 33.9. The minimum absolute atomic E-state index is 0. The molecule has 2 aliphatic rings. The Bertz CT molecular complexity index is 3460. The zero-order chi connectivity index (χ0) is 50.2. The molecule has 5 aromatic carbocycles. The maximum absolute atomic E-state index is 11.5. The number of benzene rings is 5. The van der Waals surface area contributed by atoms with Crippen molar-refractivity contribution in [3.63, 3.8) is 0 Å². The molecule has 5 aromatic rings. The standard InChI is InChI=1S/C9H8N2O2S.2C9H6N2O2S.C7H6Br2O2S.C6H3Br2ClO2S.ClH/c2*10-4-6-1-2-7-8(11)5-14(12,13)9(7)3-6;1-11-8-4-3-7(6-10)5-9(8)14(2,12)13;1-12(10,11)7-4-5(8)2-3-6(7)9;7-4-1-2-5(8)6(3-4)12(9,10)11;/h1-3,8H,5,11H2;1-3,5H,11H2;3-5H,2H3;2-4H,1H3;1-3H;1H. The van der Waals surface area contributed by atoms with Crippen LogP contribution in [0.3, 0.4) is 0 Å². The number of rotatable bonds is 3. The van der Waals surface area contributed by atoms with Crippen LogP contribution in [0.1, 0.15) is 33.9 Å². The van der Waals surface area contributed by atoms with E-state index in [1.807, 2.05) is 18.2 Å². The molecule has 0 fully saturated rings. The first-order valence-corrected chi connectivity index (χ1v) is 29.8. The molecule has 4 N–H and O–H groups in total. The van der Waals surface area contributed by atoms with E-state index in [2.05, 4.69) is 68.6 Å². The zero-order valence-corrected chi connectivity index (χ0v) is 45.9. The first kappa shape index (κ1) is 58.9. The van der Waals surface area contributed by atoms with Gasteiger partial charge in [0.2, 0.25) is 15.5 Å². The molecule has 27 heteroatoms. The Balaban J connectivity index is 0.000000287. The van der Waals surface area contributed by atoms with Gasteiger partial charge in [0.1, 0.15) is 0 Å². The molecule has 16 nitrogen and oxygen atoms in total. The molecule has 1 unspecified atom stereocenters. The molecule has 0 aliphatic carbocycles. The van der Waals surface area contributed by atoms with Gasteiger partial charge in [0.05, 0.1) is 82.8 Å². The van der Waals surface area contributed by atoms with E-state index in [1.54, 1.807) is 54.6 Å². The molecule has 0 saturated heterocycles.